The highest BCUT2D eigenvalue weighted by Crippen LogP contribution is 2.30. The molecule has 166 valence electrons. The average molecular weight is 443 g/mol. The maximum atomic E-state index is 12.8. The molecule has 0 atom stereocenters. The largest absolute Gasteiger partial charge is 0.468 e. The van der Waals surface area contributed by atoms with E-state index in [0.29, 0.717) is 17.7 Å². The molecule has 2 amide bonds. The van der Waals surface area contributed by atoms with Gasteiger partial charge in [0.2, 0.25) is 5.91 Å². The summed E-state index contributed by atoms with van der Waals surface area (Å²) in [6.07, 6.45) is 9.46. The molecule has 1 saturated carbocycles. The van der Waals surface area contributed by atoms with Crippen molar-refractivity contribution in [3.05, 3.63) is 60.0 Å². The summed E-state index contributed by atoms with van der Waals surface area (Å²) in [4.78, 5) is 37.5. The number of nitrogens with one attached hydrogen (secondary N) is 2. The lowest BCUT2D eigenvalue weighted by Crippen LogP contribution is -2.60. The summed E-state index contributed by atoms with van der Waals surface area (Å²) >= 11 is 1.41. The predicted molar refractivity (Wildman–Crippen MR) is 125 cm³/mol. The Morgan fingerprint density at radius 1 is 1.19 bits per heavy atom. The maximum absolute atomic E-state index is 12.8. The van der Waals surface area contributed by atoms with Crippen LogP contribution in [0.25, 0.3) is 10.1 Å². The zero-order valence-electron chi connectivity index (χ0n) is 18.1. The Labute approximate surface area is 187 Å². The van der Waals surface area contributed by atoms with Crippen LogP contribution in [0.15, 0.2) is 55.1 Å². The number of carbonyl (C=O) groups is 3. The molecular weight excluding hydrogens is 412 g/mol. The quantitative estimate of drug-likeness (QED) is 0.514. The first-order chi connectivity index (χ1) is 15.0. The summed E-state index contributed by atoms with van der Waals surface area (Å²) in [5, 5.41) is 6.57. The summed E-state index contributed by atoms with van der Waals surface area (Å²) in [5.74, 6) is -1.08. The number of methoxy groups -OCH3 is 1. The summed E-state index contributed by atoms with van der Waals surface area (Å²) in [5.41, 5.74) is -0.973. The Balaban J connectivity index is 0.000000614. The van der Waals surface area contributed by atoms with E-state index in [0.717, 1.165) is 29.3 Å². The van der Waals surface area contributed by atoms with Gasteiger partial charge in [-0.3, -0.25) is 14.4 Å². The molecule has 6 nitrogen and oxygen atoms in total. The third-order valence-electron chi connectivity index (χ3n) is 5.09. The monoisotopic (exact) mass is 442 g/mol. The van der Waals surface area contributed by atoms with E-state index in [9.17, 15) is 14.4 Å². The van der Waals surface area contributed by atoms with Crippen molar-refractivity contribution >= 4 is 39.2 Å². The van der Waals surface area contributed by atoms with Gasteiger partial charge in [0.25, 0.3) is 5.91 Å². The number of benzene rings is 1. The highest BCUT2D eigenvalue weighted by molar-refractivity contribution is 7.20. The summed E-state index contributed by atoms with van der Waals surface area (Å²) in [7, 11) is 1.27. The number of thiophene rings is 1. The fraction of sp³-hybridized carbons (Fsp3) is 0.375. The van der Waals surface area contributed by atoms with E-state index in [2.05, 4.69) is 21.9 Å². The van der Waals surface area contributed by atoms with Crippen LogP contribution in [0.4, 0.5) is 0 Å². The van der Waals surface area contributed by atoms with E-state index in [1.165, 1.54) is 18.4 Å². The molecule has 0 aliphatic heterocycles. The van der Waals surface area contributed by atoms with Crippen molar-refractivity contribution in [1.82, 2.24) is 10.6 Å². The molecule has 7 heteroatoms. The minimum absolute atomic E-state index is 0.199. The van der Waals surface area contributed by atoms with Crippen molar-refractivity contribution < 1.29 is 19.1 Å². The van der Waals surface area contributed by atoms with E-state index in [1.807, 2.05) is 49.4 Å². The fourth-order valence-corrected chi connectivity index (χ4v) is 4.42. The first kappa shape index (κ1) is 24.3. The molecular formula is C24H30N2O4S. The fourth-order valence-electron chi connectivity index (χ4n) is 3.47. The lowest BCUT2D eigenvalue weighted by Gasteiger charge is -2.36. The van der Waals surface area contributed by atoms with Crippen molar-refractivity contribution in [2.45, 2.75) is 44.6 Å². The first-order valence-electron chi connectivity index (χ1n) is 10.4. The number of ether oxygens (including phenoxy) is 1. The number of allylic oxidation sites excluding steroid dienone is 3. The third kappa shape index (κ3) is 6.79. The molecule has 0 radical (unpaired) electrons. The molecule has 0 unspecified atom stereocenters. The van der Waals surface area contributed by atoms with Gasteiger partial charge in [0.1, 0.15) is 12.1 Å². The van der Waals surface area contributed by atoms with Gasteiger partial charge in [-0.25, -0.2) is 0 Å². The second-order valence-corrected chi connectivity index (χ2v) is 8.35. The summed E-state index contributed by atoms with van der Waals surface area (Å²) in [6, 6.07) is 9.64. The predicted octanol–water partition coefficient (Wildman–Crippen LogP) is 4.37. The molecule has 1 fully saturated rings. The first-order valence-corrected chi connectivity index (χ1v) is 11.2. The van der Waals surface area contributed by atoms with Crippen LogP contribution in [0, 0.1) is 0 Å². The molecule has 31 heavy (non-hydrogen) atoms. The smallest absolute Gasteiger partial charge is 0.325 e. The van der Waals surface area contributed by atoms with E-state index in [-0.39, 0.29) is 18.4 Å². The average Bonchev–Trinajstić information content (AvgIpc) is 3.23. The number of hydrogen-bond donors (Lipinski definition) is 2. The molecule has 3 rings (SSSR count). The molecule has 0 spiro atoms. The summed E-state index contributed by atoms with van der Waals surface area (Å²) < 4.78 is 5.60. The van der Waals surface area contributed by atoms with Gasteiger partial charge in [-0.15, -0.1) is 11.3 Å². The number of amides is 2. The molecule has 1 aliphatic rings. The molecule has 0 saturated heterocycles. The van der Waals surface area contributed by atoms with Crippen LogP contribution in [0.3, 0.4) is 0 Å². The van der Waals surface area contributed by atoms with Crippen molar-refractivity contribution in [3.8, 4) is 0 Å². The Morgan fingerprint density at radius 2 is 1.90 bits per heavy atom. The van der Waals surface area contributed by atoms with Gasteiger partial charge in [0, 0.05) is 4.70 Å². The van der Waals surface area contributed by atoms with Gasteiger partial charge in [0.05, 0.1) is 12.0 Å². The lowest BCUT2D eigenvalue weighted by atomic mass is 9.80. The second kappa shape index (κ2) is 12.1. The SMILES string of the molecule is C=C/C=C\C.COC(=O)CNC(=O)C1(NC(=O)c2cc3ccccc3s2)CCCCC1. The molecule has 1 aliphatic carbocycles. The Bertz CT molecular complexity index is 909. The van der Waals surface area contributed by atoms with E-state index in [1.54, 1.807) is 6.08 Å². The molecule has 1 aromatic heterocycles. The molecule has 1 aromatic carbocycles. The van der Waals surface area contributed by atoms with Crippen LogP contribution in [0.2, 0.25) is 0 Å². The van der Waals surface area contributed by atoms with Crippen molar-refractivity contribution in [2.24, 2.45) is 0 Å². The number of rotatable bonds is 6. The molecule has 2 aromatic rings. The van der Waals surface area contributed by atoms with E-state index >= 15 is 0 Å². The third-order valence-corrected chi connectivity index (χ3v) is 6.21. The van der Waals surface area contributed by atoms with Gasteiger partial charge < -0.3 is 15.4 Å². The second-order valence-electron chi connectivity index (χ2n) is 7.27. The zero-order valence-corrected chi connectivity index (χ0v) is 18.9. The van der Waals surface area contributed by atoms with Gasteiger partial charge in [-0.05, 0) is 37.3 Å². The maximum Gasteiger partial charge on any atom is 0.325 e. The minimum atomic E-state index is -0.973. The molecule has 1 heterocycles. The van der Waals surface area contributed by atoms with Crippen molar-refractivity contribution in [1.29, 1.82) is 0 Å². The normalized spacial score (nSPS) is 14.9. The highest BCUT2D eigenvalue weighted by Gasteiger charge is 2.41. The van der Waals surface area contributed by atoms with Gasteiger partial charge in [-0.1, -0.05) is 62.3 Å². The zero-order chi connectivity index (χ0) is 22.7. The molecule has 2 N–H and O–H groups in total. The van der Waals surface area contributed by atoms with Crippen molar-refractivity contribution in [3.63, 3.8) is 0 Å². The summed E-state index contributed by atoms with van der Waals surface area (Å²) in [6.45, 7) is 5.23. The topological polar surface area (TPSA) is 84.5 Å². The van der Waals surface area contributed by atoms with Crippen LogP contribution >= 0.6 is 11.3 Å². The number of esters is 1. The van der Waals surface area contributed by atoms with Crippen LogP contribution in [0.5, 0.6) is 0 Å². The van der Waals surface area contributed by atoms with Crippen LogP contribution < -0.4 is 10.6 Å². The Morgan fingerprint density at radius 3 is 2.48 bits per heavy atom. The van der Waals surface area contributed by atoms with Gasteiger partial charge >= 0.3 is 5.97 Å². The van der Waals surface area contributed by atoms with Gasteiger partial charge in [0.15, 0.2) is 0 Å². The van der Waals surface area contributed by atoms with Crippen LogP contribution in [-0.2, 0) is 14.3 Å². The number of fused-ring (bicyclic) bond motifs is 1. The standard InChI is InChI=1S/C19H22N2O4S.C5H8/c1-25-16(22)12-20-18(24)19(9-5-2-6-10-19)21-17(23)15-11-13-7-3-4-8-14(13)26-15;1-3-5-4-2/h3-4,7-8,11H,2,5-6,9-10,12H2,1H3,(H,20,24)(H,21,23);3-5H,1H2,2H3/b;5-4-. The van der Waals surface area contributed by atoms with E-state index in [4.69, 9.17) is 0 Å². The number of hydrogen-bond acceptors (Lipinski definition) is 5. The van der Waals surface area contributed by atoms with Gasteiger partial charge in [-0.2, -0.15) is 0 Å². The Hall–Kier alpha value is -2.93. The lowest BCUT2D eigenvalue weighted by molar-refractivity contribution is -0.142. The van der Waals surface area contributed by atoms with Crippen LogP contribution in [-0.4, -0.2) is 37.0 Å². The minimum Gasteiger partial charge on any atom is -0.468 e. The molecule has 0 bridgehead atoms. The number of carbonyl (C=O) groups excluding carboxylic acids is 3. The van der Waals surface area contributed by atoms with Crippen molar-refractivity contribution in [2.75, 3.05) is 13.7 Å². The van der Waals surface area contributed by atoms with Crippen LogP contribution in [0.1, 0.15) is 48.7 Å². The Kier molecular flexibility index (Phi) is 9.46. The van der Waals surface area contributed by atoms with E-state index < -0.39 is 11.5 Å². The highest BCUT2D eigenvalue weighted by atomic mass is 32.1.